The number of imide groups is 1. The van der Waals surface area contributed by atoms with Gasteiger partial charge in [0.2, 0.25) is 5.91 Å². The molecule has 0 aromatic heterocycles. The van der Waals surface area contributed by atoms with Crippen LogP contribution in [0.4, 0.5) is 13.6 Å². The lowest BCUT2D eigenvalue weighted by molar-refractivity contribution is -0.134. The predicted molar refractivity (Wildman–Crippen MR) is 77.4 cm³/mol. The Morgan fingerprint density at radius 3 is 2.79 bits per heavy atom. The summed E-state index contributed by atoms with van der Waals surface area (Å²) in [4.78, 5) is 38.5. The molecule has 0 spiro atoms. The zero-order valence-electron chi connectivity index (χ0n) is 12.6. The molecule has 0 radical (unpaired) electrons. The summed E-state index contributed by atoms with van der Waals surface area (Å²) in [6.07, 6.45) is -0.120. The van der Waals surface area contributed by atoms with Crippen LogP contribution in [-0.4, -0.2) is 59.9 Å². The number of hydrogen-bond acceptors (Lipinski definition) is 4. The maximum Gasteiger partial charge on any atom is 0.387 e. The third-order valence-corrected chi connectivity index (χ3v) is 4.06. The molecular weight excluding hydrogens is 324 g/mol. The van der Waals surface area contributed by atoms with Gasteiger partial charge in [0.15, 0.2) is 0 Å². The number of nitrogens with zero attached hydrogens (tertiary/aromatic N) is 2. The Balaban J connectivity index is 1.68. The first-order chi connectivity index (χ1) is 11.5. The Morgan fingerprint density at radius 1 is 1.29 bits per heavy atom. The van der Waals surface area contributed by atoms with Crippen LogP contribution in [0.25, 0.3) is 0 Å². The minimum atomic E-state index is -2.97. The minimum absolute atomic E-state index is 0.0479. The summed E-state index contributed by atoms with van der Waals surface area (Å²) >= 11 is 0. The molecule has 2 aliphatic rings. The molecule has 1 N–H and O–H groups in total. The summed E-state index contributed by atoms with van der Waals surface area (Å²) in [5.74, 6) is -0.792. The van der Waals surface area contributed by atoms with Crippen molar-refractivity contribution in [3.05, 3.63) is 29.8 Å². The molecule has 2 heterocycles. The van der Waals surface area contributed by atoms with E-state index < -0.39 is 24.6 Å². The van der Waals surface area contributed by atoms with Crippen molar-refractivity contribution in [3.63, 3.8) is 0 Å². The van der Waals surface area contributed by atoms with Gasteiger partial charge in [0.05, 0.1) is 13.0 Å². The van der Waals surface area contributed by atoms with Gasteiger partial charge in [-0.3, -0.25) is 14.9 Å². The van der Waals surface area contributed by atoms with E-state index in [-0.39, 0.29) is 37.7 Å². The Kier molecular flexibility index (Phi) is 4.32. The summed E-state index contributed by atoms with van der Waals surface area (Å²) in [7, 11) is 0. The fourth-order valence-electron chi connectivity index (χ4n) is 2.87. The van der Waals surface area contributed by atoms with E-state index in [1.54, 1.807) is 12.1 Å². The molecule has 2 aliphatic heterocycles. The lowest BCUT2D eigenvalue weighted by atomic mass is 10.1. The third kappa shape index (κ3) is 3.15. The maximum absolute atomic E-state index is 12.4. The second kappa shape index (κ2) is 6.42. The standard InChI is InChI=1S/C15H15F2N3O4/c16-14(17)24-11-4-2-1-3-9(11)7-12(21)19-5-6-20-10(8-19)13(22)18-15(20)23/h1-4,10,14H,5-8H2,(H,18,22,23). The topological polar surface area (TPSA) is 79.0 Å². The minimum Gasteiger partial charge on any atom is -0.435 e. The molecule has 128 valence electrons. The Hall–Kier alpha value is -2.71. The highest BCUT2D eigenvalue weighted by molar-refractivity contribution is 6.04. The van der Waals surface area contributed by atoms with E-state index in [0.717, 1.165) is 0 Å². The highest BCUT2D eigenvalue weighted by Gasteiger charge is 2.42. The van der Waals surface area contributed by atoms with Crippen molar-refractivity contribution in [2.45, 2.75) is 19.1 Å². The summed E-state index contributed by atoms with van der Waals surface area (Å²) < 4.78 is 29.3. The largest absolute Gasteiger partial charge is 0.435 e. The SMILES string of the molecule is O=C1NC(=O)N2CCN(C(=O)Cc3ccccc3OC(F)F)CC12. The van der Waals surface area contributed by atoms with Crippen LogP contribution in [0.1, 0.15) is 5.56 Å². The maximum atomic E-state index is 12.4. The number of carbonyl (C=O) groups excluding carboxylic acids is 3. The lowest BCUT2D eigenvalue weighted by Gasteiger charge is -2.35. The molecule has 2 saturated heterocycles. The van der Waals surface area contributed by atoms with Gasteiger partial charge >= 0.3 is 12.6 Å². The number of hydrogen-bond donors (Lipinski definition) is 1. The van der Waals surface area contributed by atoms with Crippen molar-refractivity contribution >= 4 is 17.8 Å². The van der Waals surface area contributed by atoms with Crippen LogP contribution >= 0.6 is 0 Å². The Labute approximate surface area is 136 Å². The van der Waals surface area contributed by atoms with Crippen LogP contribution in [-0.2, 0) is 16.0 Å². The van der Waals surface area contributed by atoms with Gasteiger partial charge in [0, 0.05) is 18.7 Å². The highest BCUT2D eigenvalue weighted by atomic mass is 19.3. The molecular formula is C15H15F2N3O4. The molecule has 1 unspecified atom stereocenters. The molecule has 1 aromatic carbocycles. The fraction of sp³-hybridized carbons (Fsp3) is 0.400. The van der Waals surface area contributed by atoms with Gasteiger partial charge < -0.3 is 14.5 Å². The summed E-state index contributed by atoms with van der Waals surface area (Å²) in [6.45, 7) is -2.34. The van der Waals surface area contributed by atoms with Crippen molar-refractivity contribution in [1.82, 2.24) is 15.1 Å². The highest BCUT2D eigenvalue weighted by Crippen LogP contribution is 2.22. The number of ether oxygens (including phenoxy) is 1. The molecule has 0 aliphatic carbocycles. The number of nitrogens with one attached hydrogen (secondary N) is 1. The van der Waals surface area contributed by atoms with Crippen molar-refractivity contribution in [3.8, 4) is 5.75 Å². The molecule has 2 fully saturated rings. The van der Waals surface area contributed by atoms with Crippen molar-refractivity contribution in [1.29, 1.82) is 0 Å². The molecule has 3 rings (SSSR count). The van der Waals surface area contributed by atoms with Crippen LogP contribution in [0.5, 0.6) is 5.75 Å². The van der Waals surface area contributed by atoms with Crippen LogP contribution in [0, 0.1) is 0 Å². The first kappa shape index (κ1) is 16.2. The van der Waals surface area contributed by atoms with E-state index in [9.17, 15) is 23.2 Å². The number of halogens is 2. The van der Waals surface area contributed by atoms with Gasteiger partial charge in [-0.05, 0) is 6.07 Å². The van der Waals surface area contributed by atoms with E-state index in [1.807, 2.05) is 0 Å². The number of urea groups is 1. The predicted octanol–water partition coefficient (Wildman–Crippen LogP) is 0.593. The van der Waals surface area contributed by atoms with Gasteiger partial charge in [-0.1, -0.05) is 18.2 Å². The van der Waals surface area contributed by atoms with Gasteiger partial charge in [-0.2, -0.15) is 8.78 Å². The molecule has 4 amide bonds. The van der Waals surface area contributed by atoms with Crippen LogP contribution < -0.4 is 10.1 Å². The van der Waals surface area contributed by atoms with E-state index in [0.29, 0.717) is 5.56 Å². The summed E-state index contributed by atoms with van der Waals surface area (Å²) in [6, 6.07) is 4.93. The number of alkyl halides is 2. The number of para-hydroxylation sites is 1. The van der Waals surface area contributed by atoms with E-state index in [2.05, 4.69) is 10.1 Å². The lowest BCUT2D eigenvalue weighted by Crippen LogP contribution is -2.55. The monoisotopic (exact) mass is 339 g/mol. The fourth-order valence-corrected chi connectivity index (χ4v) is 2.87. The van der Waals surface area contributed by atoms with Crippen LogP contribution in [0.15, 0.2) is 24.3 Å². The molecule has 7 nitrogen and oxygen atoms in total. The molecule has 1 atom stereocenters. The Bertz CT molecular complexity index is 682. The van der Waals surface area contributed by atoms with E-state index in [1.165, 1.54) is 21.9 Å². The number of fused-ring (bicyclic) bond motifs is 1. The number of benzene rings is 1. The van der Waals surface area contributed by atoms with Gasteiger partial charge in [0.1, 0.15) is 11.8 Å². The van der Waals surface area contributed by atoms with Crippen molar-refractivity contribution < 1.29 is 27.9 Å². The number of carbonyl (C=O) groups is 3. The molecule has 24 heavy (non-hydrogen) atoms. The first-order valence-electron chi connectivity index (χ1n) is 7.37. The average Bonchev–Trinajstić information content (AvgIpc) is 2.83. The van der Waals surface area contributed by atoms with Crippen LogP contribution in [0.3, 0.4) is 0 Å². The molecule has 0 saturated carbocycles. The zero-order chi connectivity index (χ0) is 17.3. The molecule has 1 aromatic rings. The number of rotatable bonds is 4. The van der Waals surface area contributed by atoms with Gasteiger partial charge in [-0.15, -0.1) is 0 Å². The number of piperazine rings is 1. The van der Waals surface area contributed by atoms with Gasteiger partial charge in [-0.25, -0.2) is 4.79 Å². The summed E-state index contributed by atoms with van der Waals surface area (Å²) in [5.41, 5.74) is 0.345. The van der Waals surface area contributed by atoms with E-state index in [4.69, 9.17) is 0 Å². The summed E-state index contributed by atoms with van der Waals surface area (Å²) in [5, 5.41) is 2.21. The smallest absolute Gasteiger partial charge is 0.387 e. The number of amides is 4. The second-order valence-corrected chi connectivity index (χ2v) is 5.51. The zero-order valence-corrected chi connectivity index (χ0v) is 12.6. The van der Waals surface area contributed by atoms with E-state index >= 15 is 0 Å². The first-order valence-corrected chi connectivity index (χ1v) is 7.37. The normalized spacial score (nSPS) is 20.2. The Morgan fingerprint density at radius 2 is 2.04 bits per heavy atom. The van der Waals surface area contributed by atoms with Crippen molar-refractivity contribution in [2.75, 3.05) is 19.6 Å². The van der Waals surface area contributed by atoms with Crippen molar-refractivity contribution in [2.24, 2.45) is 0 Å². The molecule has 9 heteroatoms. The molecule has 0 bridgehead atoms. The quantitative estimate of drug-likeness (QED) is 0.815. The second-order valence-electron chi connectivity index (χ2n) is 5.51. The average molecular weight is 339 g/mol. The van der Waals surface area contributed by atoms with Gasteiger partial charge in [0.25, 0.3) is 5.91 Å². The third-order valence-electron chi connectivity index (χ3n) is 4.06. The van der Waals surface area contributed by atoms with Crippen LogP contribution in [0.2, 0.25) is 0 Å².